The lowest BCUT2D eigenvalue weighted by atomic mass is 10.1. The molecule has 1 aliphatic rings. The predicted octanol–water partition coefficient (Wildman–Crippen LogP) is 0.544. The molecule has 0 saturated heterocycles. The number of methoxy groups -OCH3 is 1. The first-order valence-corrected chi connectivity index (χ1v) is 5.37. The molecule has 0 fully saturated rings. The molecule has 6 heteroatoms. The van der Waals surface area contributed by atoms with Gasteiger partial charge >= 0.3 is 5.97 Å². The maximum absolute atomic E-state index is 11.5. The van der Waals surface area contributed by atoms with E-state index in [-0.39, 0.29) is 0 Å². The maximum atomic E-state index is 11.5. The van der Waals surface area contributed by atoms with Gasteiger partial charge in [-0.1, -0.05) is 0 Å². The van der Waals surface area contributed by atoms with Crippen molar-refractivity contribution in [3.05, 3.63) is 29.3 Å². The zero-order valence-electron chi connectivity index (χ0n) is 9.94. The van der Waals surface area contributed by atoms with Crippen LogP contribution in [0, 0.1) is 0 Å². The molecule has 0 radical (unpaired) electrons. The second-order valence-electron chi connectivity index (χ2n) is 3.93. The Hall–Kier alpha value is -2.37. The van der Waals surface area contributed by atoms with Gasteiger partial charge in [0, 0.05) is 5.69 Å². The van der Waals surface area contributed by atoms with Gasteiger partial charge in [-0.15, -0.1) is 0 Å². The smallest absolute Gasteiger partial charge is 0.327 e. The first kappa shape index (κ1) is 12.1. The van der Waals surface area contributed by atoms with Crippen molar-refractivity contribution in [1.29, 1.82) is 0 Å². The number of rotatable bonds is 3. The summed E-state index contributed by atoms with van der Waals surface area (Å²) < 4.78 is 4.58. The number of amides is 2. The largest absolute Gasteiger partial charge is 0.467 e. The van der Waals surface area contributed by atoms with Crippen LogP contribution in [0.3, 0.4) is 0 Å². The van der Waals surface area contributed by atoms with Crippen LogP contribution >= 0.6 is 0 Å². The summed E-state index contributed by atoms with van der Waals surface area (Å²) in [5.41, 5.74) is 1.23. The monoisotopic (exact) mass is 248 g/mol. The fourth-order valence-electron chi connectivity index (χ4n) is 1.74. The number of imide groups is 1. The first-order chi connectivity index (χ1) is 8.52. The Morgan fingerprint density at radius 1 is 1.28 bits per heavy atom. The van der Waals surface area contributed by atoms with E-state index in [4.69, 9.17) is 0 Å². The van der Waals surface area contributed by atoms with Gasteiger partial charge in [-0.2, -0.15) is 0 Å². The molecule has 1 aromatic carbocycles. The number of ether oxygens (including phenoxy) is 1. The molecule has 2 amide bonds. The first-order valence-electron chi connectivity index (χ1n) is 5.37. The quantitative estimate of drug-likeness (QED) is 0.602. The summed E-state index contributed by atoms with van der Waals surface area (Å²) in [4.78, 5) is 34.0. The van der Waals surface area contributed by atoms with Gasteiger partial charge in [0.25, 0.3) is 11.8 Å². The van der Waals surface area contributed by atoms with Crippen LogP contribution < -0.4 is 10.6 Å². The third-order valence-electron chi connectivity index (χ3n) is 2.67. The summed E-state index contributed by atoms with van der Waals surface area (Å²) in [7, 11) is 1.30. The van der Waals surface area contributed by atoms with Gasteiger partial charge in [-0.3, -0.25) is 14.9 Å². The molecule has 0 aromatic heterocycles. The summed E-state index contributed by atoms with van der Waals surface area (Å²) in [5.74, 6) is -1.23. The fraction of sp³-hybridized carbons (Fsp3) is 0.250. The van der Waals surface area contributed by atoms with Crippen molar-refractivity contribution in [1.82, 2.24) is 5.32 Å². The topological polar surface area (TPSA) is 84.5 Å². The lowest BCUT2D eigenvalue weighted by Gasteiger charge is -2.13. The van der Waals surface area contributed by atoms with Crippen LogP contribution in [0.25, 0.3) is 0 Å². The molecule has 2 rings (SSSR count). The third kappa shape index (κ3) is 2.04. The average molecular weight is 248 g/mol. The Morgan fingerprint density at radius 2 is 1.94 bits per heavy atom. The highest BCUT2D eigenvalue weighted by Crippen LogP contribution is 2.20. The van der Waals surface area contributed by atoms with Gasteiger partial charge in [-0.05, 0) is 25.1 Å². The van der Waals surface area contributed by atoms with E-state index in [1.807, 2.05) is 0 Å². The van der Waals surface area contributed by atoms with E-state index in [2.05, 4.69) is 15.4 Å². The molecule has 0 aliphatic carbocycles. The minimum Gasteiger partial charge on any atom is -0.467 e. The van der Waals surface area contributed by atoms with Crippen LogP contribution in [-0.2, 0) is 9.53 Å². The summed E-state index contributed by atoms with van der Waals surface area (Å²) in [6.45, 7) is 1.64. The van der Waals surface area contributed by atoms with Crippen LogP contribution in [-0.4, -0.2) is 30.9 Å². The molecule has 2 N–H and O–H groups in total. The molecule has 0 bridgehead atoms. The van der Waals surface area contributed by atoms with E-state index in [0.29, 0.717) is 16.8 Å². The molecule has 1 unspecified atom stereocenters. The number of hydrogen-bond donors (Lipinski definition) is 2. The van der Waals surface area contributed by atoms with Gasteiger partial charge in [-0.25, -0.2) is 4.79 Å². The lowest BCUT2D eigenvalue weighted by molar-refractivity contribution is -0.141. The van der Waals surface area contributed by atoms with Crippen molar-refractivity contribution >= 4 is 23.5 Å². The summed E-state index contributed by atoms with van der Waals surface area (Å²) in [6, 6.07) is 4.18. The molecule has 0 spiro atoms. The minimum absolute atomic E-state index is 0.307. The van der Waals surface area contributed by atoms with Crippen LogP contribution in [0.2, 0.25) is 0 Å². The highest BCUT2D eigenvalue weighted by atomic mass is 16.5. The van der Waals surface area contributed by atoms with Crippen molar-refractivity contribution in [3.8, 4) is 0 Å². The number of fused-ring (bicyclic) bond motifs is 1. The van der Waals surface area contributed by atoms with Gasteiger partial charge in [0.15, 0.2) is 0 Å². The summed E-state index contributed by atoms with van der Waals surface area (Å²) in [6.07, 6.45) is 0. The molecule has 1 heterocycles. The minimum atomic E-state index is -0.534. The van der Waals surface area contributed by atoms with Crippen molar-refractivity contribution in [2.24, 2.45) is 0 Å². The molecule has 18 heavy (non-hydrogen) atoms. The second-order valence-corrected chi connectivity index (χ2v) is 3.93. The zero-order valence-corrected chi connectivity index (χ0v) is 9.94. The van der Waals surface area contributed by atoms with Gasteiger partial charge in [0.1, 0.15) is 6.04 Å². The molecule has 1 aromatic rings. The Morgan fingerprint density at radius 3 is 2.61 bits per heavy atom. The van der Waals surface area contributed by atoms with Gasteiger partial charge in [0.2, 0.25) is 0 Å². The maximum Gasteiger partial charge on any atom is 0.327 e. The Balaban J connectivity index is 2.23. The van der Waals surface area contributed by atoms with Crippen LogP contribution in [0.5, 0.6) is 0 Å². The van der Waals surface area contributed by atoms with Crippen molar-refractivity contribution in [2.75, 3.05) is 12.4 Å². The molecule has 1 aliphatic heterocycles. The summed E-state index contributed by atoms with van der Waals surface area (Å²) in [5, 5.41) is 5.09. The van der Waals surface area contributed by atoms with Crippen LogP contribution in [0.1, 0.15) is 27.6 Å². The Bertz CT molecular complexity index is 539. The summed E-state index contributed by atoms with van der Waals surface area (Å²) >= 11 is 0. The van der Waals surface area contributed by atoms with E-state index in [9.17, 15) is 14.4 Å². The lowest BCUT2D eigenvalue weighted by Crippen LogP contribution is -2.27. The van der Waals surface area contributed by atoms with Gasteiger partial charge < -0.3 is 10.1 Å². The number of hydrogen-bond acceptors (Lipinski definition) is 5. The number of carbonyl (C=O) groups excluding carboxylic acids is 3. The van der Waals surface area contributed by atoms with Crippen LogP contribution in [0.4, 0.5) is 5.69 Å². The van der Waals surface area contributed by atoms with E-state index < -0.39 is 23.8 Å². The Kier molecular flexibility index (Phi) is 3.01. The zero-order chi connectivity index (χ0) is 13.3. The van der Waals surface area contributed by atoms with E-state index in [1.54, 1.807) is 19.1 Å². The van der Waals surface area contributed by atoms with Crippen molar-refractivity contribution in [2.45, 2.75) is 13.0 Å². The second kappa shape index (κ2) is 4.48. The standard InChI is InChI=1S/C12H12N2O4/c1-6(12(17)18-2)13-7-3-4-8-9(5-7)11(16)14-10(8)15/h3-6,13H,1-2H3,(H,14,15,16). The highest BCUT2D eigenvalue weighted by Gasteiger charge is 2.27. The van der Waals surface area contributed by atoms with Crippen molar-refractivity contribution in [3.63, 3.8) is 0 Å². The van der Waals surface area contributed by atoms with E-state index in [1.165, 1.54) is 13.2 Å². The molecule has 1 atom stereocenters. The van der Waals surface area contributed by atoms with Crippen molar-refractivity contribution < 1.29 is 19.1 Å². The number of nitrogens with one attached hydrogen (secondary N) is 2. The highest BCUT2D eigenvalue weighted by molar-refractivity contribution is 6.21. The third-order valence-corrected chi connectivity index (χ3v) is 2.67. The number of anilines is 1. The molecule has 6 nitrogen and oxygen atoms in total. The normalized spacial score (nSPS) is 14.8. The molecular weight excluding hydrogens is 236 g/mol. The number of carbonyl (C=O) groups is 3. The molecule has 0 saturated carbocycles. The van der Waals surface area contributed by atoms with Gasteiger partial charge in [0.05, 0.1) is 18.2 Å². The van der Waals surface area contributed by atoms with Crippen LogP contribution in [0.15, 0.2) is 18.2 Å². The SMILES string of the molecule is COC(=O)C(C)Nc1ccc2c(c1)C(=O)NC2=O. The molecular formula is C12H12N2O4. The van der Waals surface area contributed by atoms with E-state index >= 15 is 0 Å². The molecule has 94 valence electrons. The number of esters is 1. The Labute approximate surface area is 103 Å². The number of benzene rings is 1. The predicted molar refractivity (Wildman–Crippen MR) is 63.3 cm³/mol. The van der Waals surface area contributed by atoms with E-state index in [0.717, 1.165) is 0 Å². The fourth-order valence-corrected chi connectivity index (χ4v) is 1.74. The average Bonchev–Trinajstić information content (AvgIpc) is 2.63.